The maximum absolute atomic E-state index is 13.3. The van der Waals surface area contributed by atoms with Crippen LogP contribution in [0.5, 0.6) is 0 Å². The first-order valence-corrected chi connectivity index (χ1v) is 8.78. The Balaban J connectivity index is 1.95. The second-order valence-corrected chi connectivity index (χ2v) is 5.99. The first-order valence-electron chi connectivity index (χ1n) is 7.55. The predicted molar refractivity (Wildman–Crippen MR) is 96.0 cm³/mol. The van der Waals surface area contributed by atoms with Gasteiger partial charge in [0.2, 0.25) is 0 Å². The number of benzene rings is 2. The van der Waals surface area contributed by atoms with Gasteiger partial charge in [0.15, 0.2) is 0 Å². The largest absolute Gasteiger partial charge is 0.375 e. The molecule has 25 heavy (non-hydrogen) atoms. The molecule has 0 saturated carbocycles. The van der Waals surface area contributed by atoms with Crippen molar-refractivity contribution in [1.29, 1.82) is 0 Å². The van der Waals surface area contributed by atoms with Crippen LogP contribution in [0.3, 0.4) is 0 Å². The van der Waals surface area contributed by atoms with Gasteiger partial charge in [0, 0.05) is 18.6 Å². The molecule has 2 aromatic carbocycles. The highest BCUT2D eigenvalue weighted by Crippen LogP contribution is 2.24. The van der Waals surface area contributed by atoms with E-state index in [2.05, 4.69) is 10.6 Å². The van der Waals surface area contributed by atoms with Crippen molar-refractivity contribution >= 4 is 29.3 Å². The van der Waals surface area contributed by atoms with E-state index in [4.69, 9.17) is 4.74 Å². The van der Waals surface area contributed by atoms with E-state index in [1.165, 1.54) is 31.0 Å². The van der Waals surface area contributed by atoms with E-state index in [9.17, 15) is 14.0 Å². The van der Waals surface area contributed by atoms with E-state index in [0.717, 1.165) is 4.90 Å². The van der Waals surface area contributed by atoms with Gasteiger partial charge < -0.3 is 15.4 Å². The van der Waals surface area contributed by atoms with Crippen LogP contribution in [-0.4, -0.2) is 31.7 Å². The number of nitrogens with one attached hydrogen (secondary N) is 2. The topological polar surface area (TPSA) is 67.4 Å². The van der Waals surface area contributed by atoms with Crippen molar-refractivity contribution in [2.45, 2.75) is 11.0 Å². The van der Waals surface area contributed by atoms with Crippen LogP contribution in [-0.2, 0) is 14.3 Å². The van der Waals surface area contributed by atoms with Crippen molar-refractivity contribution in [1.82, 2.24) is 5.32 Å². The number of halogens is 1. The molecule has 0 bridgehead atoms. The zero-order chi connectivity index (χ0) is 18.2. The molecule has 2 rings (SSSR count). The average molecular weight is 362 g/mol. The normalized spacial score (nSPS) is 11.6. The van der Waals surface area contributed by atoms with Crippen molar-refractivity contribution in [3.63, 3.8) is 0 Å². The molecule has 2 amide bonds. The highest BCUT2D eigenvalue weighted by molar-refractivity contribution is 7.98. The smallest absolute Gasteiger partial charge is 0.313 e. The number of thioether (sulfide) groups is 1. The molecule has 5 nitrogen and oxygen atoms in total. The fourth-order valence-corrected chi connectivity index (χ4v) is 2.79. The Morgan fingerprint density at radius 1 is 1.16 bits per heavy atom. The van der Waals surface area contributed by atoms with Gasteiger partial charge >= 0.3 is 11.8 Å². The molecule has 2 N–H and O–H groups in total. The minimum Gasteiger partial charge on any atom is -0.375 e. The lowest BCUT2D eigenvalue weighted by Gasteiger charge is -2.16. The van der Waals surface area contributed by atoms with Gasteiger partial charge in [0.25, 0.3) is 0 Å². The number of para-hydroxylation sites is 1. The quantitative estimate of drug-likeness (QED) is 0.612. The van der Waals surface area contributed by atoms with Gasteiger partial charge in [0.1, 0.15) is 5.82 Å². The van der Waals surface area contributed by atoms with E-state index < -0.39 is 23.7 Å². The lowest BCUT2D eigenvalue weighted by Crippen LogP contribution is -2.38. The molecule has 1 atom stereocenters. The Morgan fingerprint density at radius 3 is 2.60 bits per heavy atom. The number of rotatable bonds is 6. The van der Waals surface area contributed by atoms with Crippen molar-refractivity contribution in [2.75, 3.05) is 25.2 Å². The van der Waals surface area contributed by atoms with Gasteiger partial charge in [-0.2, -0.15) is 0 Å². The zero-order valence-electron chi connectivity index (χ0n) is 13.9. The third-order valence-corrected chi connectivity index (χ3v) is 4.31. The molecule has 0 aliphatic carbocycles. The first kappa shape index (κ1) is 19.0. The van der Waals surface area contributed by atoms with Gasteiger partial charge in [-0.05, 0) is 36.1 Å². The molecule has 0 fully saturated rings. The molecule has 2 aromatic rings. The summed E-state index contributed by atoms with van der Waals surface area (Å²) in [5, 5.41) is 5.08. The summed E-state index contributed by atoms with van der Waals surface area (Å²) in [5.74, 6) is -1.94. The molecular weight excluding hydrogens is 343 g/mol. The number of carbonyl (C=O) groups excluding carboxylic acids is 2. The first-order chi connectivity index (χ1) is 12.0. The molecule has 0 spiro atoms. The SMILES string of the molecule is COC(CNC(=O)C(=O)Nc1ccccc1SC)c1cccc(F)c1. The second kappa shape index (κ2) is 9.19. The standard InChI is InChI=1S/C18H19FN2O3S/c1-24-15(12-6-5-7-13(19)10-12)11-20-17(22)18(23)21-14-8-3-4-9-16(14)25-2/h3-10,15H,11H2,1-2H3,(H,20,22)(H,21,23). The van der Waals surface area contributed by atoms with Crippen LogP contribution in [0.15, 0.2) is 53.4 Å². The summed E-state index contributed by atoms with van der Waals surface area (Å²) in [6, 6.07) is 13.1. The molecule has 0 aliphatic heterocycles. The summed E-state index contributed by atoms with van der Waals surface area (Å²) in [7, 11) is 1.45. The third-order valence-electron chi connectivity index (χ3n) is 3.51. The predicted octanol–water partition coefficient (Wildman–Crippen LogP) is 2.99. The number of carbonyl (C=O) groups is 2. The molecule has 0 radical (unpaired) electrons. The number of hydrogen-bond donors (Lipinski definition) is 2. The summed E-state index contributed by atoms with van der Waals surface area (Å²) in [6.45, 7) is 0.0520. The fraction of sp³-hybridized carbons (Fsp3) is 0.222. The average Bonchev–Trinajstić information content (AvgIpc) is 2.62. The number of hydrogen-bond acceptors (Lipinski definition) is 4. The molecular formula is C18H19FN2O3S. The van der Waals surface area contributed by atoms with Crippen LogP contribution < -0.4 is 10.6 Å². The number of amides is 2. The van der Waals surface area contributed by atoms with Crippen LogP contribution in [0.4, 0.5) is 10.1 Å². The fourth-order valence-electron chi connectivity index (χ4n) is 2.24. The van der Waals surface area contributed by atoms with E-state index in [1.807, 2.05) is 18.4 Å². The number of anilines is 1. The van der Waals surface area contributed by atoms with Gasteiger partial charge in [-0.25, -0.2) is 4.39 Å². The Labute approximate surface area is 150 Å². The minimum atomic E-state index is -0.783. The van der Waals surface area contributed by atoms with E-state index in [-0.39, 0.29) is 6.54 Å². The van der Waals surface area contributed by atoms with Crippen molar-refractivity contribution in [3.8, 4) is 0 Å². The van der Waals surface area contributed by atoms with Crippen LogP contribution in [0.1, 0.15) is 11.7 Å². The summed E-state index contributed by atoms with van der Waals surface area (Å²) < 4.78 is 18.6. The number of ether oxygens (including phenoxy) is 1. The Kier molecular flexibility index (Phi) is 6.97. The van der Waals surface area contributed by atoms with E-state index >= 15 is 0 Å². The molecule has 7 heteroatoms. The van der Waals surface area contributed by atoms with Gasteiger partial charge in [0.05, 0.1) is 11.8 Å². The van der Waals surface area contributed by atoms with Gasteiger partial charge in [-0.15, -0.1) is 11.8 Å². The maximum Gasteiger partial charge on any atom is 0.313 e. The van der Waals surface area contributed by atoms with E-state index in [0.29, 0.717) is 11.3 Å². The lowest BCUT2D eigenvalue weighted by atomic mass is 10.1. The van der Waals surface area contributed by atoms with Crippen LogP contribution >= 0.6 is 11.8 Å². The Bertz CT molecular complexity index is 755. The Hall–Kier alpha value is -2.38. The van der Waals surface area contributed by atoms with Crippen LogP contribution in [0.2, 0.25) is 0 Å². The molecule has 0 aromatic heterocycles. The number of methoxy groups -OCH3 is 1. The maximum atomic E-state index is 13.3. The molecule has 0 heterocycles. The highest BCUT2D eigenvalue weighted by Gasteiger charge is 2.18. The summed E-state index contributed by atoms with van der Waals surface area (Å²) in [6.07, 6.45) is 1.33. The second-order valence-electron chi connectivity index (χ2n) is 5.14. The minimum absolute atomic E-state index is 0.0520. The molecule has 0 saturated heterocycles. The highest BCUT2D eigenvalue weighted by atomic mass is 32.2. The van der Waals surface area contributed by atoms with Gasteiger partial charge in [-0.1, -0.05) is 24.3 Å². The summed E-state index contributed by atoms with van der Waals surface area (Å²) in [4.78, 5) is 24.9. The molecule has 132 valence electrons. The molecule has 0 aliphatic rings. The molecule has 1 unspecified atom stereocenters. The van der Waals surface area contributed by atoms with Crippen LogP contribution in [0.25, 0.3) is 0 Å². The monoisotopic (exact) mass is 362 g/mol. The van der Waals surface area contributed by atoms with Gasteiger partial charge in [-0.3, -0.25) is 9.59 Å². The lowest BCUT2D eigenvalue weighted by molar-refractivity contribution is -0.136. The van der Waals surface area contributed by atoms with Crippen molar-refractivity contribution < 1.29 is 18.7 Å². The zero-order valence-corrected chi connectivity index (χ0v) is 14.7. The van der Waals surface area contributed by atoms with Crippen LogP contribution in [0, 0.1) is 5.82 Å². The van der Waals surface area contributed by atoms with E-state index in [1.54, 1.807) is 24.3 Å². The summed E-state index contributed by atoms with van der Waals surface area (Å²) >= 11 is 1.47. The third kappa shape index (κ3) is 5.30. The Morgan fingerprint density at radius 2 is 1.92 bits per heavy atom. The van der Waals surface area contributed by atoms with Crippen molar-refractivity contribution in [3.05, 3.63) is 59.9 Å². The van der Waals surface area contributed by atoms with Crippen molar-refractivity contribution in [2.24, 2.45) is 0 Å². The summed E-state index contributed by atoms with van der Waals surface area (Å²) in [5.41, 5.74) is 1.15.